The largest absolute Gasteiger partial charge is 0.216 e. The number of nitrogens with one attached hydrogen (secondary N) is 1. The molecule has 21 heavy (non-hydrogen) atoms. The van der Waals surface area contributed by atoms with Crippen molar-refractivity contribution < 1.29 is 8.42 Å². The SMILES string of the molecule is CCC(NS(=O)(=O)Cc1ccc(C)cc1)c1ccccc1. The van der Waals surface area contributed by atoms with E-state index in [0.29, 0.717) is 0 Å². The van der Waals surface area contributed by atoms with Crippen LogP contribution in [-0.4, -0.2) is 8.42 Å². The molecule has 2 aromatic carbocycles. The highest BCUT2D eigenvalue weighted by Crippen LogP contribution is 2.18. The van der Waals surface area contributed by atoms with Gasteiger partial charge in [0.15, 0.2) is 0 Å². The Hall–Kier alpha value is -1.65. The third-order valence-corrected chi connectivity index (χ3v) is 4.77. The van der Waals surface area contributed by atoms with E-state index in [1.54, 1.807) is 0 Å². The minimum Gasteiger partial charge on any atom is -0.212 e. The first-order valence-electron chi connectivity index (χ1n) is 7.10. The Morgan fingerprint density at radius 1 is 1.00 bits per heavy atom. The smallest absolute Gasteiger partial charge is 0.212 e. The number of hydrogen-bond acceptors (Lipinski definition) is 2. The zero-order valence-electron chi connectivity index (χ0n) is 12.4. The van der Waals surface area contributed by atoms with Gasteiger partial charge in [-0.15, -0.1) is 0 Å². The molecule has 0 aliphatic carbocycles. The van der Waals surface area contributed by atoms with Crippen LogP contribution in [0.15, 0.2) is 54.6 Å². The van der Waals surface area contributed by atoms with Gasteiger partial charge < -0.3 is 0 Å². The molecule has 0 aromatic heterocycles. The first-order valence-corrected chi connectivity index (χ1v) is 8.76. The van der Waals surface area contributed by atoms with E-state index < -0.39 is 10.0 Å². The summed E-state index contributed by atoms with van der Waals surface area (Å²) in [6, 6.07) is 17.1. The molecule has 0 fully saturated rings. The second-order valence-electron chi connectivity index (χ2n) is 5.23. The maximum absolute atomic E-state index is 12.3. The third kappa shape index (κ3) is 4.69. The molecule has 0 amide bonds. The fourth-order valence-electron chi connectivity index (χ4n) is 2.23. The normalized spacial score (nSPS) is 13.0. The van der Waals surface area contributed by atoms with Crippen LogP contribution in [0, 0.1) is 6.92 Å². The predicted molar refractivity (Wildman–Crippen MR) is 86.4 cm³/mol. The van der Waals surface area contributed by atoms with Gasteiger partial charge in [-0.3, -0.25) is 0 Å². The molecule has 0 saturated heterocycles. The highest BCUT2D eigenvalue weighted by molar-refractivity contribution is 7.88. The lowest BCUT2D eigenvalue weighted by molar-refractivity contribution is 0.549. The first-order chi connectivity index (χ1) is 10.00. The summed E-state index contributed by atoms with van der Waals surface area (Å²) >= 11 is 0. The van der Waals surface area contributed by atoms with Crippen LogP contribution in [0.4, 0.5) is 0 Å². The molecule has 1 unspecified atom stereocenters. The van der Waals surface area contributed by atoms with E-state index in [2.05, 4.69) is 4.72 Å². The van der Waals surface area contributed by atoms with Crippen LogP contribution in [0.2, 0.25) is 0 Å². The summed E-state index contributed by atoms with van der Waals surface area (Å²) in [7, 11) is -3.36. The molecule has 0 spiro atoms. The lowest BCUT2D eigenvalue weighted by Gasteiger charge is -2.17. The monoisotopic (exact) mass is 303 g/mol. The Labute approximate surface area is 127 Å². The number of hydrogen-bond donors (Lipinski definition) is 1. The standard InChI is InChI=1S/C17H21NO2S/c1-3-17(16-7-5-4-6-8-16)18-21(19,20)13-15-11-9-14(2)10-12-15/h4-12,17-18H,3,13H2,1-2H3. The second kappa shape index (κ2) is 6.87. The van der Waals surface area contributed by atoms with Gasteiger partial charge in [-0.1, -0.05) is 67.1 Å². The molecule has 2 rings (SSSR count). The van der Waals surface area contributed by atoms with Crippen LogP contribution < -0.4 is 4.72 Å². The van der Waals surface area contributed by atoms with Crippen molar-refractivity contribution in [2.45, 2.75) is 32.1 Å². The lowest BCUT2D eigenvalue weighted by atomic mass is 10.1. The Kier molecular flexibility index (Phi) is 5.15. The molecule has 2 aromatic rings. The van der Waals surface area contributed by atoms with Crippen LogP contribution in [0.25, 0.3) is 0 Å². The molecule has 0 saturated carbocycles. The van der Waals surface area contributed by atoms with Gasteiger partial charge in [0.2, 0.25) is 10.0 Å². The number of aryl methyl sites for hydroxylation is 1. The van der Waals surface area contributed by atoms with Gasteiger partial charge in [-0.05, 0) is 24.5 Å². The summed E-state index contributed by atoms with van der Waals surface area (Å²) in [6.07, 6.45) is 0.719. The quantitative estimate of drug-likeness (QED) is 0.887. The minimum absolute atomic E-state index is 0.0105. The van der Waals surface area contributed by atoms with Crippen molar-refractivity contribution in [1.82, 2.24) is 4.72 Å². The van der Waals surface area contributed by atoms with Crippen LogP contribution in [0.1, 0.15) is 36.1 Å². The van der Waals surface area contributed by atoms with Gasteiger partial charge >= 0.3 is 0 Å². The molecule has 0 aliphatic rings. The zero-order valence-corrected chi connectivity index (χ0v) is 13.2. The van der Waals surface area contributed by atoms with Crippen molar-refractivity contribution in [2.24, 2.45) is 0 Å². The molecule has 1 atom stereocenters. The first kappa shape index (κ1) is 15.7. The fourth-order valence-corrected chi connectivity index (χ4v) is 3.69. The van der Waals surface area contributed by atoms with E-state index in [4.69, 9.17) is 0 Å². The van der Waals surface area contributed by atoms with E-state index in [-0.39, 0.29) is 11.8 Å². The van der Waals surface area contributed by atoms with E-state index in [0.717, 1.165) is 23.1 Å². The van der Waals surface area contributed by atoms with E-state index in [1.807, 2.05) is 68.4 Å². The highest BCUT2D eigenvalue weighted by Gasteiger charge is 2.18. The maximum atomic E-state index is 12.3. The number of benzene rings is 2. The van der Waals surface area contributed by atoms with Gasteiger partial charge in [-0.2, -0.15) is 0 Å². The van der Waals surface area contributed by atoms with Gasteiger partial charge in [0, 0.05) is 6.04 Å². The topological polar surface area (TPSA) is 46.2 Å². The highest BCUT2D eigenvalue weighted by atomic mass is 32.2. The van der Waals surface area contributed by atoms with E-state index in [1.165, 1.54) is 0 Å². The van der Waals surface area contributed by atoms with Gasteiger partial charge in [0.05, 0.1) is 5.75 Å². The second-order valence-corrected chi connectivity index (χ2v) is 6.99. The van der Waals surface area contributed by atoms with Crippen molar-refractivity contribution in [3.63, 3.8) is 0 Å². The molecule has 4 heteroatoms. The summed E-state index contributed by atoms with van der Waals surface area (Å²) in [5.41, 5.74) is 2.92. The molecule has 0 heterocycles. The summed E-state index contributed by atoms with van der Waals surface area (Å²) in [4.78, 5) is 0. The summed E-state index contributed by atoms with van der Waals surface area (Å²) < 4.78 is 27.4. The third-order valence-electron chi connectivity index (χ3n) is 3.41. The van der Waals surface area contributed by atoms with Gasteiger partial charge in [0.25, 0.3) is 0 Å². The van der Waals surface area contributed by atoms with Crippen LogP contribution in [0.5, 0.6) is 0 Å². The molecule has 112 valence electrons. The van der Waals surface area contributed by atoms with Crippen LogP contribution >= 0.6 is 0 Å². The Morgan fingerprint density at radius 2 is 1.62 bits per heavy atom. The maximum Gasteiger partial charge on any atom is 0.216 e. The van der Waals surface area contributed by atoms with Crippen molar-refractivity contribution in [2.75, 3.05) is 0 Å². The fraction of sp³-hybridized carbons (Fsp3) is 0.294. The van der Waals surface area contributed by atoms with E-state index in [9.17, 15) is 8.42 Å². The van der Waals surface area contributed by atoms with Crippen LogP contribution in [0.3, 0.4) is 0 Å². The molecule has 0 aliphatic heterocycles. The Morgan fingerprint density at radius 3 is 2.19 bits per heavy atom. The molecule has 1 N–H and O–H groups in total. The molecular weight excluding hydrogens is 282 g/mol. The van der Waals surface area contributed by atoms with Crippen molar-refractivity contribution in [3.8, 4) is 0 Å². The van der Waals surface area contributed by atoms with Crippen LogP contribution in [-0.2, 0) is 15.8 Å². The number of rotatable bonds is 6. The number of sulfonamides is 1. The average molecular weight is 303 g/mol. The van der Waals surface area contributed by atoms with Gasteiger partial charge in [-0.25, -0.2) is 13.1 Å². The summed E-state index contributed by atoms with van der Waals surface area (Å²) in [5, 5.41) is 0. The molecule has 0 radical (unpaired) electrons. The van der Waals surface area contributed by atoms with Crippen molar-refractivity contribution >= 4 is 10.0 Å². The summed E-state index contributed by atoms with van der Waals surface area (Å²) in [5.74, 6) is 0.0105. The van der Waals surface area contributed by atoms with E-state index >= 15 is 0 Å². The molecule has 3 nitrogen and oxygen atoms in total. The predicted octanol–water partition coefficient (Wildman–Crippen LogP) is 3.57. The lowest BCUT2D eigenvalue weighted by Crippen LogP contribution is -2.29. The average Bonchev–Trinajstić information content (AvgIpc) is 2.48. The van der Waals surface area contributed by atoms with Gasteiger partial charge in [0.1, 0.15) is 0 Å². The Balaban J connectivity index is 2.10. The molecule has 0 bridgehead atoms. The Bertz CT molecular complexity index is 664. The zero-order chi connectivity index (χ0) is 15.3. The summed E-state index contributed by atoms with van der Waals surface area (Å²) in [6.45, 7) is 3.96. The van der Waals surface area contributed by atoms with Crippen molar-refractivity contribution in [1.29, 1.82) is 0 Å². The van der Waals surface area contributed by atoms with Crippen molar-refractivity contribution in [3.05, 3.63) is 71.3 Å². The molecular formula is C17H21NO2S. The minimum atomic E-state index is -3.36.